The van der Waals surface area contributed by atoms with Crippen LogP contribution in [0.5, 0.6) is 11.5 Å². The first-order valence-corrected chi connectivity index (χ1v) is 8.96. The molecule has 6 heteroatoms. The Morgan fingerprint density at radius 2 is 1.64 bits per heavy atom. The maximum absolute atomic E-state index is 12.7. The lowest BCUT2D eigenvalue weighted by Gasteiger charge is -2.09. The summed E-state index contributed by atoms with van der Waals surface area (Å²) in [7, 11) is 1.82. The van der Waals surface area contributed by atoms with Gasteiger partial charge in [0.25, 0.3) is 5.91 Å². The van der Waals surface area contributed by atoms with Crippen LogP contribution in [0.2, 0.25) is 0 Å². The van der Waals surface area contributed by atoms with E-state index in [0.29, 0.717) is 12.1 Å². The second-order valence-corrected chi connectivity index (χ2v) is 6.34. The molecule has 0 aliphatic carbocycles. The van der Waals surface area contributed by atoms with E-state index in [1.165, 1.54) is 0 Å². The molecule has 0 saturated heterocycles. The van der Waals surface area contributed by atoms with Gasteiger partial charge in [-0.15, -0.1) is 0 Å². The smallest absolute Gasteiger partial charge is 0.256 e. The number of carbonyl (C=O) groups excluding carboxylic acids is 1. The van der Waals surface area contributed by atoms with Crippen molar-refractivity contribution in [2.75, 3.05) is 0 Å². The summed E-state index contributed by atoms with van der Waals surface area (Å²) < 4.78 is 9.34. The summed E-state index contributed by atoms with van der Waals surface area (Å²) in [4.78, 5) is 12.7. The monoisotopic (exact) mass is 372 g/mol. The van der Waals surface area contributed by atoms with Crippen LogP contribution in [0.15, 0.2) is 85.3 Å². The van der Waals surface area contributed by atoms with Crippen LogP contribution in [-0.4, -0.2) is 20.3 Å². The zero-order valence-electron chi connectivity index (χ0n) is 15.4. The quantitative estimate of drug-likeness (QED) is 0.558. The molecule has 4 rings (SSSR count). The van der Waals surface area contributed by atoms with Crippen molar-refractivity contribution < 1.29 is 9.53 Å². The summed E-state index contributed by atoms with van der Waals surface area (Å²) in [5.74, 6) is 2.11. The average Bonchev–Trinajstić information content (AvgIpc) is 3.37. The molecule has 0 aliphatic heterocycles. The average molecular weight is 372 g/mol. The van der Waals surface area contributed by atoms with Gasteiger partial charge in [0.1, 0.15) is 22.9 Å². The highest BCUT2D eigenvalue weighted by molar-refractivity contribution is 5.97. The zero-order chi connectivity index (χ0) is 19.3. The van der Waals surface area contributed by atoms with Crippen molar-refractivity contribution >= 4 is 5.91 Å². The first-order valence-electron chi connectivity index (χ1n) is 8.96. The molecule has 0 fully saturated rings. The summed E-state index contributed by atoms with van der Waals surface area (Å²) in [6, 6.07) is 21.1. The van der Waals surface area contributed by atoms with E-state index in [9.17, 15) is 4.79 Å². The number of nitrogens with zero attached hydrogens (tertiary/aromatic N) is 3. The van der Waals surface area contributed by atoms with Gasteiger partial charge in [0, 0.05) is 26.0 Å². The number of hydrogen-bond donors (Lipinski definition) is 1. The molecule has 0 bridgehead atoms. The molecule has 2 aromatic carbocycles. The minimum absolute atomic E-state index is 0.165. The van der Waals surface area contributed by atoms with Gasteiger partial charge < -0.3 is 14.6 Å². The fourth-order valence-electron chi connectivity index (χ4n) is 2.95. The van der Waals surface area contributed by atoms with Gasteiger partial charge in [-0.25, -0.2) is 0 Å². The van der Waals surface area contributed by atoms with Gasteiger partial charge >= 0.3 is 0 Å². The van der Waals surface area contributed by atoms with E-state index in [1.807, 2.05) is 90.7 Å². The predicted molar refractivity (Wildman–Crippen MR) is 107 cm³/mol. The number of aryl methyl sites for hydroxylation is 1. The van der Waals surface area contributed by atoms with Gasteiger partial charge in [0.15, 0.2) is 0 Å². The van der Waals surface area contributed by atoms with E-state index >= 15 is 0 Å². The number of benzene rings is 2. The molecule has 140 valence electrons. The van der Waals surface area contributed by atoms with Crippen LogP contribution in [0.1, 0.15) is 15.9 Å². The topological polar surface area (TPSA) is 61.1 Å². The Kier molecular flexibility index (Phi) is 4.93. The van der Waals surface area contributed by atoms with E-state index in [2.05, 4.69) is 10.4 Å². The number of hydrogen-bond acceptors (Lipinski definition) is 3. The van der Waals surface area contributed by atoms with Crippen molar-refractivity contribution in [2.24, 2.45) is 7.05 Å². The molecule has 28 heavy (non-hydrogen) atoms. The molecule has 1 amide bonds. The number of aromatic nitrogens is 3. The van der Waals surface area contributed by atoms with E-state index in [1.54, 1.807) is 10.9 Å². The number of carbonyl (C=O) groups is 1. The Balaban J connectivity index is 1.40. The van der Waals surface area contributed by atoms with E-state index in [-0.39, 0.29) is 5.91 Å². The molecular weight excluding hydrogens is 352 g/mol. The summed E-state index contributed by atoms with van der Waals surface area (Å²) in [6.45, 7) is 0.421. The van der Waals surface area contributed by atoms with Gasteiger partial charge in [-0.2, -0.15) is 5.10 Å². The van der Waals surface area contributed by atoms with Gasteiger partial charge in [-0.3, -0.25) is 9.48 Å². The van der Waals surface area contributed by atoms with Crippen molar-refractivity contribution in [3.8, 4) is 17.3 Å². The third kappa shape index (κ3) is 3.81. The molecule has 0 unspecified atom stereocenters. The number of nitrogens with one attached hydrogen (secondary N) is 1. The third-order valence-corrected chi connectivity index (χ3v) is 4.36. The molecule has 0 radical (unpaired) electrons. The van der Waals surface area contributed by atoms with E-state index in [4.69, 9.17) is 4.74 Å². The molecule has 1 N–H and O–H groups in total. The number of ether oxygens (including phenoxy) is 1. The zero-order valence-corrected chi connectivity index (χ0v) is 15.4. The lowest BCUT2D eigenvalue weighted by atomic mass is 10.2. The van der Waals surface area contributed by atoms with Gasteiger partial charge in [0.05, 0.1) is 6.20 Å². The highest BCUT2D eigenvalue weighted by Gasteiger charge is 2.17. The number of para-hydroxylation sites is 1. The molecule has 0 spiro atoms. The maximum Gasteiger partial charge on any atom is 0.256 e. The second-order valence-electron chi connectivity index (χ2n) is 6.34. The Hall–Kier alpha value is -3.80. The van der Waals surface area contributed by atoms with Crippen LogP contribution in [0.4, 0.5) is 0 Å². The highest BCUT2D eigenvalue weighted by atomic mass is 16.5. The minimum atomic E-state index is -0.165. The molecule has 0 atom stereocenters. The van der Waals surface area contributed by atoms with Crippen LogP contribution in [0.3, 0.4) is 0 Å². The first kappa shape index (κ1) is 17.6. The molecule has 0 aliphatic rings. The van der Waals surface area contributed by atoms with E-state index < -0.39 is 0 Å². The van der Waals surface area contributed by atoms with Gasteiger partial charge in [-0.1, -0.05) is 30.3 Å². The molecule has 0 saturated carbocycles. The molecule has 6 nitrogen and oxygen atoms in total. The van der Waals surface area contributed by atoms with Gasteiger partial charge in [0.2, 0.25) is 0 Å². The summed E-state index contributed by atoms with van der Waals surface area (Å²) >= 11 is 0. The summed E-state index contributed by atoms with van der Waals surface area (Å²) in [5, 5.41) is 7.17. The molecule has 4 aromatic rings. The van der Waals surface area contributed by atoms with Crippen LogP contribution in [0.25, 0.3) is 5.82 Å². The third-order valence-electron chi connectivity index (χ3n) is 4.36. The van der Waals surface area contributed by atoms with Crippen molar-refractivity contribution in [1.29, 1.82) is 0 Å². The van der Waals surface area contributed by atoms with Crippen LogP contribution in [0, 0.1) is 0 Å². The van der Waals surface area contributed by atoms with Crippen molar-refractivity contribution in [3.63, 3.8) is 0 Å². The Labute approximate surface area is 163 Å². The van der Waals surface area contributed by atoms with Crippen LogP contribution in [-0.2, 0) is 13.6 Å². The van der Waals surface area contributed by atoms with Crippen molar-refractivity contribution in [3.05, 3.63) is 96.4 Å². The molecule has 2 aromatic heterocycles. The normalized spacial score (nSPS) is 10.6. The number of rotatable bonds is 6. The second kappa shape index (κ2) is 7.84. The maximum atomic E-state index is 12.7. The standard InChI is InChI=1S/C22H20N4O2/c1-25-22(26-13-5-6-14-26)20(16-24-25)21(27)23-15-17-9-11-19(12-10-17)28-18-7-3-2-4-8-18/h2-14,16H,15H2,1H3,(H,23,27). The number of amides is 1. The van der Waals surface area contributed by atoms with Crippen molar-refractivity contribution in [2.45, 2.75) is 6.54 Å². The predicted octanol–water partition coefficient (Wildman–Crippen LogP) is 3.93. The Bertz CT molecular complexity index is 1050. The fraction of sp³-hybridized carbons (Fsp3) is 0.0909. The highest BCUT2D eigenvalue weighted by Crippen LogP contribution is 2.21. The SMILES string of the molecule is Cn1ncc(C(=O)NCc2ccc(Oc3ccccc3)cc2)c1-n1cccc1. The lowest BCUT2D eigenvalue weighted by molar-refractivity contribution is 0.0951. The Morgan fingerprint density at radius 3 is 2.36 bits per heavy atom. The van der Waals surface area contributed by atoms with Crippen LogP contribution < -0.4 is 10.1 Å². The molecule has 2 heterocycles. The minimum Gasteiger partial charge on any atom is -0.457 e. The summed E-state index contributed by atoms with van der Waals surface area (Å²) in [5.41, 5.74) is 1.52. The lowest BCUT2D eigenvalue weighted by Crippen LogP contribution is -2.24. The first-order chi connectivity index (χ1) is 13.7. The Morgan fingerprint density at radius 1 is 0.964 bits per heavy atom. The van der Waals surface area contributed by atoms with E-state index in [0.717, 1.165) is 22.9 Å². The van der Waals surface area contributed by atoms with Gasteiger partial charge in [-0.05, 0) is 42.0 Å². The van der Waals surface area contributed by atoms with Crippen molar-refractivity contribution in [1.82, 2.24) is 19.7 Å². The van der Waals surface area contributed by atoms with Crippen LogP contribution >= 0.6 is 0 Å². The summed E-state index contributed by atoms with van der Waals surface area (Å²) in [6.07, 6.45) is 5.36. The fourth-order valence-corrected chi connectivity index (χ4v) is 2.95. The molecular formula is C22H20N4O2. The largest absolute Gasteiger partial charge is 0.457 e.